The van der Waals surface area contributed by atoms with Crippen LogP contribution in [0.25, 0.3) is 0 Å². The van der Waals surface area contributed by atoms with Gasteiger partial charge < -0.3 is 15.5 Å². The van der Waals surface area contributed by atoms with E-state index in [1.165, 1.54) is 0 Å². The van der Waals surface area contributed by atoms with Crippen molar-refractivity contribution in [3.8, 4) is 0 Å². The summed E-state index contributed by atoms with van der Waals surface area (Å²) in [6.45, 7) is 6.05. The first-order chi connectivity index (χ1) is 12.2. The van der Waals surface area contributed by atoms with Crippen LogP contribution in [0.2, 0.25) is 0 Å². The Balaban J connectivity index is 2.01. The number of aromatic amines is 1. The maximum Gasteiger partial charge on any atom is 0.247 e. The molecule has 140 valence electrons. The lowest BCUT2D eigenvalue weighted by Gasteiger charge is -2.23. The van der Waals surface area contributed by atoms with Crippen LogP contribution in [0.3, 0.4) is 0 Å². The zero-order chi connectivity index (χ0) is 19.3. The van der Waals surface area contributed by atoms with Gasteiger partial charge in [-0.2, -0.15) is 5.10 Å². The number of nitrogens with zero attached hydrogens (tertiary/aromatic N) is 2. The van der Waals surface area contributed by atoms with Crippen LogP contribution in [0.1, 0.15) is 32.0 Å². The molecule has 0 radical (unpaired) electrons. The minimum absolute atomic E-state index is 0.203. The summed E-state index contributed by atoms with van der Waals surface area (Å²) < 4.78 is 0. The standard InChI is InChI=1S/C19H27N5O2/c1-13(20-17(25)12-24(4)5)18(26)21-16-11-15(22-23-16)19(2,3)14-9-7-6-8-10-14/h6-11,13H,12H2,1-5H3,(H,20,25)(H2,21,22,23,26). The lowest BCUT2D eigenvalue weighted by molar-refractivity contribution is -0.126. The highest BCUT2D eigenvalue weighted by Gasteiger charge is 2.26. The van der Waals surface area contributed by atoms with Crippen LogP contribution in [0.5, 0.6) is 0 Å². The number of hydrogen-bond donors (Lipinski definition) is 3. The van der Waals surface area contributed by atoms with E-state index in [9.17, 15) is 9.59 Å². The Kier molecular flexibility index (Phi) is 6.15. The van der Waals surface area contributed by atoms with Gasteiger partial charge in [0.25, 0.3) is 0 Å². The summed E-state index contributed by atoms with van der Waals surface area (Å²) >= 11 is 0. The molecule has 3 N–H and O–H groups in total. The first-order valence-electron chi connectivity index (χ1n) is 8.56. The Morgan fingerprint density at radius 1 is 1.23 bits per heavy atom. The highest BCUT2D eigenvalue weighted by molar-refractivity contribution is 5.96. The summed E-state index contributed by atoms with van der Waals surface area (Å²) in [5, 5.41) is 12.6. The molecule has 1 aromatic heterocycles. The number of carbonyl (C=O) groups is 2. The number of anilines is 1. The van der Waals surface area contributed by atoms with Gasteiger partial charge in [0.2, 0.25) is 11.8 Å². The summed E-state index contributed by atoms with van der Waals surface area (Å²) in [6, 6.07) is 11.2. The first kappa shape index (κ1) is 19.7. The average Bonchev–Trinajstić information content (AvgIpc) is 3.04. The average molecular weight is 357 g/mol. The second-order valence-electron chi connectivity index (χ2n) is 7.17. The maximum atomic E-state index is 12.3. The molecule has 0 saturated heterocycles. The third-order valence-corrected chi connectivity index (χ3v) is 4.23. The van der Waals surface area contributed by atoms with Gasteiger partial charge in [0.15, 0.2) is 5.82 Å². The van der Waals surface area contributed by atoms with Gasteiger partial charge in [0.1, 0.15) is 6.04 Å². The summed E-state index contributed by atoms with van der Waals surface area (Å²) in [6.07, 6.45) is 0. The molecule has 1 heterocycles. The molecule has 0 aliphatic heterocycles. The molecular weight excluding hydrogens is 330 g/mol. The van der Waals surface area contributed by atoms with E-state index in [0.29, 0.717) is 5.82 Å². The van der Waals surface area contributed by atoms with Crippen LogP contribution < -0.4 is 10.6 Å². The normalized spacial score (nSPS) is 12.7. The first-order valence-corrected chi connectivity index (χ1v) is 8.56. The van der Waals surface area contributed by atoms with Crippen LogP contribution in [0, 0.1) is 0 Å². The molecule has 2 rings (SSSR count). The molecule has 1 atom stereocenters. The van der Waals surface area contributed by atoms with Crippen LogP contribution >= 0.6 is 0 Å². The third-order valence-electron chi connectivity index (χ3n) is 4.23. The topological polar surface area (TPSA) is 90.1 Å². The van der Waals surface area contributed by atoms with Crippen molar-refractivity contribution in [3.05, 3.63) is 47.7 Å². The number of rotatable bonds is 7. The van der Waals surface area contributed by atoms with E-state index in [-0.39, 0.29) is 23.8 Å². The highest BCUT2D eigenvalue weighted by atomic mass is 16.2. The zero-order valence-electron chi connectivity index (χ0n) is 16.0. The molecule has 1 unspecified atom stereocenters. The Labute approximate surface area is 154 Å². The Bertz CT molecular complexity index is 752. The van der Waals surface area contributed by atoms with Crippen LogP contribution in [-0.4, -0.2) is 53.6 Å². The minimum atomic E-state index is -0.648. The largest absolute Gasteiger partial charge is 0.343 e. The van der Waals surface area contributed by atoms with Crippen LogP contribution in [0.4, 0.5) is 5.82 Å². The second kappa shape index (κ2) is 8.14. The molecule has 0 aliphatic rings. The molecule has 1 aromatic carbocycles. The Hall–Kier alpha value is -2.67. The zero-order valence-corrected chi connectivity index (χ0v) is 16.0. The lowest BCUT2D eigenvalue weighted by atomic mass is 9.82. The monoisotopic (exact) mass is 357 g/mol. The van der Waals surface area contributed by atoms with Gasteiger partial charge in [-0.3, -0.25) is 14.7 Å². The number of nitrogens with one attached hydrogen (secondary N) is 3. The number of hydrogen-bond acceptors (Lipinski definition) is 4. The molecule has 2 amide bonds. The summed E-state index contributed by atoms with van der Waals surface area (Å²) in [5.74, 6) is -0.0824. The molecule has 0 aliphatic carbocycles. The van der Waals surface area contributed by atoms with Crippen molar-refractivity contribution in [1.82, 2.24) is 20.4 Å². The SMILES string of the molecule is CC(NC(=O)CN(C)C)C(=O)Nc1cc(C(C)(C)c2ccccc2)[nH]n1. The summed E-state index contributed by atoms with van der Waals surface area (Å²) in [4.78, 5) is 25.8. The molecule has 26 heavy (non-hydrogen) atoms. The van der Waals surface area contributed by atoms with Gasteiger partial charge in [0, 0.05) is 17.2 Å². The van der Waals surface area contributed by atoms with Crippen molar-refractivity contribution in [3.63, 3.8) is 0 Å². The molecule has 0 saturated carbocycles. The number of aromatic nitrogens is 2. The van der Waals surface area contributed by atoms with Gasteiger partial charge >= 0.3 is 0 Å². The van der Waals surface area contributed by atoms with Crippen molar-refractivity contribution in [2.45, 2.75) is 32.2 Å². The molecule has 0 bridgehead atoms. The maximum absolute atomic E-state index is 12.3. The molecular formula is C19H27N5O2. The van der Waals surface area contributed by atoms with E-state index in [0.717, 1.165) is 11.3 Å². The van der Waals surface area contributed by atoms with Gasteiger partial charge in [-0.05, 0) is 26.6 Å². The van der Waals surface area contributed by atoms with Crippen molar-refractivity contribution < 1.29 is 9.59 Å². The fraction of sp³-hybridized carbons (Fsp3) is 0.421. The summed E-state index contributed by atoms with van der Waals surface area (Å²) in [7, 11) is 3.59. The van der Waals surface area contributed by atoms with Crippen LogP contribution in [-0.2, 0) is 15.0 Å². The third kappa shape index (κ3) is 4.92. The van der Waals surface area contributed by atoms with Crippen molar-refractivity contribution in [2.24, 2.45) is 0 Å². The Morgan fingerprint density at radius 3 is 2.50 bits per heavy atom. The Morgan fingerprint density at radius 2 is 1.88 bits per heavy atom. The summed E-state index contributed by atoms with van der Waals surface area (Å²) in [5.41, 5.74) is 1.76. The number of H-pyrrole nitrogens is 1. The molecule has 0 fully saturated rings. The van der Waals surface area contributed by atoms with E-state index >= 15 is 0 Å². The number of likely N-dealkylation sites (N-methyl/N-ethyl adjacent to an activating group) is 1. The quantitative estimate of drug-likeness (QED) is 0.704. The molecule has 2 aromatic rings. The second-order valence-corrected chi connectivity index (χ2v) is 7.17. The van der Waals surface area contributed by atoms with Gasteiger partial charge in [-0.1, -0.05) is 44.2 Å². The predicted octanol–water partition coefficient (Wildman–Crippen LogP) is 1.74. The fourth-order valence-corrected chi connectivity index (χ4v) is 2.59. The van der Waals surface area contributed by atoms with E-state index in [2.05, 4.69) is 46.8 Å². The smallest absolute Gasteiger partial charge is 0.247 e. The fourth-order valence-electron chi connectivity index (χ4n) is 2.59. The number of amides is 2. The highest BCUT2D eigenvalue weighted by Crippen LogP contribution is 2.30. The lowest BCUT2D eigenvalue weighted by Crippen LogP contribution is -2.44. The number of benzene rings is 1. The van der Waals surface area contributed by atoms with Crippen LogP contribution in [0.15, 0.2) is 36.4 Å². The van der Waals surface area contributed by atoms with Crippen molar-refractivity contribution >= 4 is 17.6 Å². The number of carbonyl (C=O) groups excluding carboxylic acids is 2. The predicted molar refractivity (Wildman–Crippen MR) is 102 cm³/mol. The van der Waals surface area contributed by atoms with E-state index in [1.807, 2.05) is 24.3 Å². The van der Waals surface area contributed by atoms with E-state index in [4.69, 9.17) is 0 Å². The van der Waals surface area contributed by atoms with E-state index < -0.39 is 6.04 Å². The molecule has 7 heteroatoms. The van der Waals surface area contributed by atoms with Gasteiger partial charge in [-0.15, -0.1) is 0 Å². The van der Waals surface area contributed by atoms with E-state index in [1.54, 1.807) is 25.9 Å². The minimum Gasteiger partial charge on any atom is -0.343 e. The van der Waals surface area contributed by atoms with Crippen molar-refractivity contribution in [2.75, 3.05) is 26.0 Å². The van der Waals surface area contributed by atoms with Crippen molar-refractivity contribution in [1.29, 1.82) is 0 Å². The van der Waals surface area contributed by atoms with Gasteiger partial charge in [-0.25, -0.2) is 0 Å². The van der Waals surface area contributed by atoms with Gasteiger partial charge in [0.05, 0.1) is 6.54 Å². The molecule has 0 spiro atoms. The molecule has 7 nitrogen and oxygen atoms in total.